The zero-order valence-corrected chi connectivity index (χ0v) is 11.4. The number of ether oxygens (including phenoxy) is 1. The number of aliphatic hydroxyl groups excluding tert-OH is 1. The number of esters is 1. The molecule has 2 atom stereocenters. The lowest BCUT2D eigenvalue weighted by molar-refractivity contribution is -0.144. The first kappa shape index (κ1) is 17.4. The van der Waals surface area contributed by atoms with Crippen LogP contribution in [0.5, 0.6) is 0 Å². The van der Waals surface area contributed by atoms with Crippen molar-refractivity contribution in [2.45, 2.75) is 51.7 Å². The van der Waals surface area contributed by atoms with Gasteiger partial charge in [0.25, 0.3) is 0 Å². The molecule has 0 rings (SSSR count). The number of aliphatic hydroxyl groups is 1. The van der Waals surface area contributed by atoms with Gasteiger partial charge in [0.1, 0.15) is 6.10 Å². The Kier molecular flexibility index (Phi) is 9.44. The van der Waals surface area contributed by atoms with Crippen molar-refractivity contribution in [3.05, 3.63) is 24.3 Å². The Bertz CT molecular complexity index is 333. The maximum Gasteiger partial charge on any atom is 0.327 e. The first-order valence-corrected chi connectivity index (χ1v) is 6.38. The molecule has 0 saturated carbocycles. The molecule has 0 aliphatic heterocycles. The Morgan fingerprint density at radius 2 is 2.00 bits per heavy atom. The van der Waals surface area contributed by atoms with Crippen LogP contribution in [-0.4, -0.2) is 34.4 Å². The SMILES string of the molecule is CCCC[C@H](/C=C\[C@H](O)C/C=C\C(=O)O)OC(C)=O. The summed E-state index contributed by atoms with van der Waals surface area (Å²) in [7, 11) is 0. The third kappa shape index (κ3) is 11.2. The second-order valence-electron chi connectivity index (χ2n) is 4.22. The van der Waals surface area contributed by atoms with Crippen LogP contribution in [0.4, 0.5) is 0 Å². The summed E-state index contributed by atoms with van der Waals surface area (Å²) in [6, 6.07) is 0. The van der Waals surface area contributed by atoms with Crippen LogP contribution in [0.3, 0.4) is 0 Å². The lowest BCUT2D eigenvalue weighted by Crippen LogP contribution is -2.14. The standard InChI is InChI=1S/C14H22O5/c1-3-4-7-13(19-11(2)15)10-9-12(16)6-5-8-14(17)18/h5,8-10,12-13,16H,3-4,6-7H2,1-2H3,(H,17,18)/b8-5-,10-9-/t12-,13-/m1/s1. The molecule has 0 amide bonds. The van der Waals surface area contributed by atoms with E-state index in [2.05, 4.69) is 0 Å². The second-order valence-corrected chi connectivity index (χ2v) is 4.22. The van der Waals surface area contributed by atoms with Crippen molar-refractivity contribution in [2.75, 3.05) is 0 Å². The fraction of sp³-hybridized carbons (Fsp3) is 0.571. The predicted molar refractivity (Wildman–Crippen MR) is 71.6 cm³/mol. The third-order valence-electron chi connectivity index (χ3n) is 2.35. The number of hydrogen-bond donors (Lipinski definition) is 2. The third-order valence-corrected chi connectivity index (χ3v) is 2.35. The molecule has 5 nitrogen and oxygen atoms in total. The lowest BCUT2D eigenvalue weighted by atomic mass is 10.1. The smallest absolute Gasteiger partial charge is 0.327 e. The predicted octanol–water partition coefficient (Wildman–Crippen LogP) is 2.06. The van der Waals surface area contributed by atoms with Gasteiger partial charge in [-0.15, -0.1) is 0 Å². The van der Waals surface area contributed by atoms with E-state index in [9.17, 15) is 14.7 Å². The van der Waals surface area contributed by atoms with E-state index in [0.29, 0.717) is 6.42 Å². The van der Waals surface area contributed by atoms with Crippen LogP contribution in [-0.2, 0) is 14.3 Å². The summed E-state index contributed by atoms with van der Waals surface area (Å²) in [5.74, 6) is -1.40. The number of carboxylic acids is 1. The number of carbonyl (C=O) groups is 2. The maximum absolute atomic E-state index is 10.9. The van der Waals surface area contributed by atoms with Gasteiger partial charge in [-0.3, -0.25) is 4.79 Å². The van der Waals surface area contributed by atoms with Gasteiger partial charge in [0.05, 0.1) is 6.10 Å². The summed E-state index contributed by atoms with van der Waals surface area (Å²) in [6.07, 6.45) is 7.26. The summed E-state index contributed by atoms with van der Waals surface area (Å²) in [4.78, 5) is 21.2. The van der Waals surface area contributed by atoms with Crippen LogP contribution in [0.15, 0.2) is 24.3 Å². The van der Waals surface area contributed by atoms with Crippen LogP contribution in [0.2, 0.25) is 0 Å². The van der Waals surface area contributed by atoms with E-state index >= 15 is 0 Å². The number of aliphatic carboxylic acids is 1. The van der Waals surface area contributed by atoms with E-state index in [1.807, 2.05) is 6.92 Å². The molecule has 0 unspecified atom stereocenters. The van der Waals surface area contributed by atoms with Crippen molar-refractivity contribution in [3.8, 4) is 0 Å². The van der Waals surface area contributed by atoms with Crippen molar-refractivity contribution < 1.29 is 24.5 Å². The molecular weight excluding hydrogens is 248 g/mol. The first-order chi connectivity index (χ1) is 8.95. The summed E-state index contributed by atoms with van der Waals surface area (Å²) in [5.41, 5.74) is 0. The van der Waals surface area contributed by atoms with Crippen molar-refractivity contribution in [1.82, 2.24) is 0 Å². The van der Waals surface area contributed by atoms with Gasteiger partial charge in [-0.2, -0.15) is 0 Å². The van der Waals surface area contributed by atoms with Gasteiger partial charge in [-0.1, -0.05) is 25.5 Å². The molecular formula is C14H22O5. The Balaban J connectivity index is 4.26. The van der Waals surface area contributed by atoms with Crippen LogP contribution in [0.1, 0.15) is 39.5 Å². The first-order valence-electron chi connectivity index (χ1n) is 6.38. The molecule has 0 aromatic heterocycles. The molecule has 0 aliphatic rings. The Hall–Kier alpha value is -1.62. The van der Waals surface area contributed by atoms with E-state index < -0.39 is 12.1 Å². The largest absolute Gasteiger partial charge is 0.478 e. The molecule has 19 heavy (non-hydrogen) atoms. The minimum Gasteiger partial charge on any atom is -0.478 e. The van der Waals surface area contributed by atoms with Crippen LogP contribution >= 0.6 is 0 Å². The highest BCUT2D eigenvalue weighted by Crippen LogP contribution is 2.08. The second kappa shape index (κ2) is 10.3. The molecule has 0 bridgehead atoms. The Morgan fingerprint density at radius 1 is 1.32 bits per heavy atom. The number of unbranched alkanes of at least 4 members (excludes halogenated alkanes) is 1. The normalized spacial score (nSPS) is 14.7. The molecule has 108 valence electrons. The highest BCUT2D eigenvalue weighted by molar-refractivity contribution is 5.79. The van der Waals surface area contributed by atoms with Crippen LogP contribution in [0.25, 0.3) is 0 Å². The lowest BCUT2D eigenvalue weighted by Gasteiger charge is -2.13. The van der Waals surface area contributed by atoms with E-state index in [1.54, 1.807) is 6.08 Å². The quantitative estimate of drug-likeness (QED) is 0.380. The van der Waals surface area contributed by atoms with Crippen molar-refractivity contribution in [2.24, 2.45) is 0 Å². The topological polar surface area (TPSA) is 83.8 Å². The van der Waals surface area contributed by atoms with E-state index in [4.69, 9.17) is 9.84 Å². The zero-order valence-electron chi connectivity index (χ0n) is 11.4. The summed E-state index contributed by atoms with van der Waals surface area (Å²) in [5, 5.41) is 18.0. The molecule has 0 fully saturated rings. The minimum absolute atomic E-state index is 0.212. The van der Waals surface area contributed by atoms with Gasteiger partial charge in [0, 0.05) is 13.0 Å². The van der Waals surface area contributed by atoms with E-state index in [1.165, 1.54) is 19.1 Å². The molecule has 0 aromatic rings. The molecule has 0 aromatic carbocycles. The zero-order chi connectivity index (χ0) is 14.7. The Morgan fingerprint density at radius 3 is 2.53 bits per heavy atom. The molecule has 0 saturated heterocycles. The summed E-state index contributed by atoms with van der Waals surface area (Å²) in [6.45, 7) is 3.39. The number of carbonyl (C=O) groups excluding carboxylic acids is 1. The summed E-state index contributed by atoms with van der Waals surface area (Å²) < 4.78 is 5.10. The van der Waals surface area contributed by atoms with E-state index in [-0.39, 0.29) is 18.5 Å². The van der Waals surface area contributed by atoms with Gasteiger partial charge in [-0.05, 0) is 25.3 Å². The molecule has 0 aliphatic carbocycles. The maximum atomic E-state index is 10.9. The van der Waals surface area contributed by atoms with Crippen LogP contribution in [0, 0.1) is 0 Å². The van der Waals surface area contributed by atoms with Crippen molar-refractivity contribution >= 4 is 11.9 Å². The van der Waals surface area contributed by atoms with Gasteiger partial charge in [-0.25, -0.2) is 4.79 Å². The van der Waals surface area contributed by atoms with Gasteiger partial charge < -0.3 is 14.9 Å². The molecule has 0 radical (unpaired) electrons. The molecule has 5 heteroatoms. The fourth-order valence-electron chi connectivity index (χ4n) is 1.45. The average molecular weight is 270 g/mol. The van der Waals surface area contributed by atoms with Gasteiger partial charge in [0.2, 0.25) is 0 Å². The Labute approximate surface area is 113 Å². The highest BCUT2D eigenvalue weighted by atomic mass is 16.5. The fourth-order valence-corrected chi connectivity index (χ4v) is 1.45. The molecule has 2 N–H and O–H groups in total. The van der Waals surface area contributed by atoms with Crippen molar-refractivity contribution in [1.29, 1.82) is 0 Å². The number of rotatable bonds is 9. The minimum atomic E-state index is -1.04. The number of hydrogen-bond acceptors (Lipinski definition) is 4. The van der Waals surface area contributed by atoms with Crippen molar-refractivity contribution in [3.63, 3.8) is 0 Å². The monoisotopic (exact) mass is 270 g/mol. The van der Waals surface area contributed by atoms with Crippen LogP contribution < -0.4 is 0 Å². The van der Waals surface area contributed by atoms with Gasteiger partial charge >= 0.3 is 11.9 Å². The van der Waals surface area contributed by atoms with E-state index in [0.717, 1.165) is 18.9 Å². The highest BCUT2D eigenvalue weighted by Gasteiger charge is 2.08. The molecule has 0 heterocycles. The van der Waals surface area contributed by atoms with Gasteiger partial charge in [0.15, 0.2) is 0 Å². The average Bonchev–Trinajstić information content (AvgIpc) is 2.31. The molecule has 0 spiro atoms. The number of carboxylic acid groups (broad SMARTS) is 1. The summed E-state index contributed by atoms with van der Waals surface area (Å²) >= 11 is 0.